The van der Waals surface area contributed by atoms with Gasteiger partial charge in [-0.25, -0.2) is 0 Å². The van der Waals surface area contributed by atoms with Crippen LogP contribution in [-0.4, -0.2) is 38.5 Å². The number of aromatic nitrogens is 1. The van der Waals surface area contributed by atoms with Gasteiger partial charge in [0.1, 0.15) is 0 Å². The quantitative estimate of drug-likeness (QED) is 0.580. The number of fused-ring (bicyclic) bond motifs is 1. The van der Waals surface area contributed by atoms with Crippen molar-refractivity contribution in [3.63, 3.8) is 0 Å². The van der Waals surface area contributed by atoms with E-state index < -0.39 is 0 Å². The zero-order chi connectivity index (χ0) is 21.4. The van der Waals surface area contributed by atoms with Gasteiger partial charge >= 0.3 is 0 Å². The van der Waals surface area contributed by atoms with Crippen LogP contribution in [0.2, 0.25) is 0 Å². The van der Waals surface area contributed by atoms with Crippen LogP contribution in [0.5, 0.6) is 0 Å². The summed E-state index contributed by atoms with van der Waals surface area (Å²) in [5.41, 5.74) is 3.13. The highest BCUT2D eigenvalue weighted by molar-refractivity contribution is 6.21. The molecule has 2 aromatic carbocycles. The second-order valence-electron chi connectivity index (χ2n) is 7.92. The second kappa shape index (κ2) is 7.80. The molecule has 1 aromatic heterocycles. The lowest BCUT2D eigenvalue weighted by Gasteiger charge is -2.22. The normalized spacial score (nSPS) is 15.2. The van der Waals surface area contributed by atoms with Crippen molar-refractivity contribution in [3.8, 4) is 0 Å². The van der Waals surface area contributed by atoms with Gasteiger partial charge in [0.15, 0.2) is 0 Å². The Morgan fingerprint density at radius 1 is 0.903 bits per heavy atom. The molecule has 0 unspecified atom stereocenters. The summed E-state index contributed by atoms with van der Waals surface area (Å²) in [5, 5.41) is 0. The first-order valence-corrected chi connectivity index (χ1v) is 10.4. The molecule has 31 heavy (non-hydrogen) atoms. The van der Waals surface area contributed by atoms with Crippen LogP contribution in [0.4, 0.5) is 0 Å². The largest absolute Gasteiger partial charge is 0.330 e. The van der Waals surface area contributed by atoms with Gasteiger partial charge in [-0.3, -0.25) is 24.3 Å². The summed E-state index contributed by atoms with van der Waals surface area (Å²) < 4.78 is 0. The molecule has 0 radical (unpaired) electrons. The standard InChI is InChI=1S/C25H21N3O3/c29-23(27(20-12-13-20)16-19-5-3-4-14-26-19)18-10-8-17(9-11-18)15-28-24(30)21-6-1-2-7-22(21)25(28)31/h1-11,14,20H,12-13,15-16H2. The highest BCUT2D eigenvalue weighted by atomic mass is 16.2. The summed E-state index contributed by atoms with van der Waals surface area (Å²) in [6, 6.07) is 20.0. The SMILES string of the molecule is O=C1c2ccccc2C(=O)N1Cc1ccc(C(=O)N(Cc2ccccn2)C2CC2)cc1. The first kappa shape index (κ1) is 19.2. The van der Waals surface area contributed by atoms with Crippen molar-refractivity contribution >= 4 is 17.7 Å². The molecule has 5 rings (SSSR count). The third-order valence-corrected chi connectivity index (χ3v) is 5.73. The fourth-order valence-corrected chi connectivity index (χ4v) is 3.90. The Morgan fingerprint density at radius 2 is 1.55 bits per heavy atom. The van der Waals surface area contributed by atoms with E-state index in [1.807, 2.05) is 35.2 Å². The smallest absolute Gasteiger partial charge is 0.261 e. The van der Waals surface area contributed by atoms with E-state index in [1.54, 1.807) is 42.6 Å². The maximum atomic E-state index is 13.1. The molecule has 0 N–H and O–H groups in total. The minimum absolute atomic E-state index is 0.0274. The van der Waals surface area contributed by atoms with Crippen molar-refractivity contribution in [2.75, 3.05) is 0 Å². The van der Waals surface area contributed by atoms with Gasteiger partial charge in [-0.2, -0.15) is 0 Å². The number of carbonyl (C=O) groups is 3. The molecule has 2 aliphatic rings. The van der Waals surface area contributed by atoms with Crippen molar-refractivity contribution in [3.05, 3.63) is 101 Å². The molecule has 0 saturated heterocycles. The summed E-state index contributed by atoms with van der Waals surface area (Å²) in [6.07, 6.45) is 3.76. The summed E-state index contributed by atoms with van der Waals surface area (Å²) in [6.45, 7) is 0.669. The van der Waals surface area contributed by atoms with Crippen LogP contribution < -0.4 is 0 Å². The Labute approximate surface area is 180 Å². The van der Waals surface area contributed by atoms with Gasteiger partial charge in [0.25, 0.3) is 17.7 Å². The molecule has 1 aliphatic carbocycles. The topological polar surface area (TPSA) is 70.6 Å². The van der Waals surface area contributed by atoms with Gasteiger partial charge in [0.05, 0.1) is 29.9 Å². The molecular formula is C25H21N3O3. The van der Waals surface area contributed by atoms with Crippen LogP contribution >= 0.6 is 0 Å². The van der Waals surface area contributed by atoms with Crippen LogP contribution in [-0.2, 0) is 13.1 Å². The number of carbonyl (C=O) groups excluding carboxylic acids is 3. The molecule has 0 bridgehead atoms. The first-order chi connectivity index (χ1) is 15.1. The third kappa shape index (κ3) is 3.72. The third-order valence-electron chi connectivity index (χ3n) is 5.73. The Bertz CT molecular complexity index is 1120. The average Bonchev–Trinajstić information content (AvgIpc) is 3.63. The van der Waals surface area contributed by atoms with E-state index in [0.29, 0.717) is 23.2 Å². The zero-order valence-corrected chi connectivity index (χ0v) is 16.9. The molecule has 6 nitrogen and oxygen atoms in total. The molecule has 1 aliphatic heterocycles. The lowest BCUT2D eigenvalue weighted by Crippen LogP contribution is -2.33. The average molecular weight is 411 g/mol. The molecule has 1 fully saturated rings. The molecule has 0 atom stereocenters. The molecule has 3 amide bonds. The number of rotatable bonds is 6. The Balaban J connectivity index is 1.30. The highest BCUT2D eigenvalue weighted by Gasteiger charge is 2.35. The first-order valence-electron chi connectivity index (χ1n) is 10.4. The molecule has 0 spiro atoms. The van der Waals surface area contributed by atoms with Crippen molar-refractivity contribution in [2.45, 2.75) is 32.0 Å². The number of hydrogen-bond donors (Lipinski definition) is 0. The summed E-state index contributed by atoms with van der Waals surface area (Å²) in [5.74, 6) is -0.590. The fraction of sp³-hybridized carbons (Fsp3) is 0.200. The number of pyridine rings is 1. The van der Waals surface area contributed by atoms with Crippen molar-refractivity contribution in [1.29, 1.82) is 0 Å². The predicted octanol–water partition coefficient (Wildman–Crippen LogP) is 3.68. The zero-order valence-electron chi connectivity index (χ0n) is 16.9. The molecule has 6 heteroatoms. The molecule has 1 saturated carbocycles. The minimum atomic E-state index is -0.281. The number of benzene rings is 2. The van der Waals surface area contributed by atoms with Gasteiger partial charge in [-0.15, -0.1) is 0 Å². The minimum Gasteiger partial charge on any atom is -0.330 e. The number of imide groups is 1. The van der Waals surface area contributed by atoms with Crippen LogP contribution in [0.25, 0.3) is 0 Å². The van der Waals surface area contributed by atoms with Gasteiger partial charge in [0.2, 0.25) is 0 Å². The van der Waals surface area contributed by atoms with Crippen LogP contribution in [0, 0.1) is 0 Å². The van der Waals surface area contributed by atoms with E-state index in [4.69, 9.17) is 0 Å². The lowest BCUT2D eigenvalue weighted by atomic mass is 10.1. The van der Waals surface area contributed by atoms with Crippen molar-refractivity contribution in [2.24, 2.45) is 0 Å². The van der Waals surface area contributed by atoms with Gasteiger partial charge in [-0.1, -0.05) is 30.3 Å². The molecular weight excluding hydrogens is 390 g/mol. The maximum absolute atomic E-state index is 13.1. The van der Waals surface area contributed by atoms with E-state index in [9.17, 15) is 14.4 Å². The van der Waals surface area contributed by atoms with E-state index >= 15 is 0 Å². The highest BCUT2D eigenvalue weighted by Crippen LogP contribution is 2.30. The predicted molar refractivity (Wildman–Crippen MR) is 114 cm³/mol. The van der Waals surface area contributed by atoms with Crippen molar-refractivity contribution in [1.82, 2.24) is 14.8 Å². The van der Waals surface area contributed by atoms with Crippen molar-refractivity contribution < 1.29 is 14.4 Å². The number of nitrogens with zero attached hydrogens (tertiary/aromatic N) is 3. The summed E-state index contributed by atoms with van der Waals surface area (Å²) in [7, 11) is 0. The lowest BCUT2D eigenvalue weighted by molar-refractivity contribution is 0.0640. The van der Waals surface area contributed by atoms with Crippen LogP contribution in [0.3, 0.4) is 0 Å². The van der Waals surface area contributed by atoms with Gasteiger partial charge in [-0.05, 0) is 54.8 Å². The van der Waals surface area contributed by atoms with E-state index in [2.05, 4.69) is 4.98 Å². The fourth-order valence-electron chi connectivity index (χ4n) is 3.90. The monoisotopic (exact) mass is 411 g/mol. The van der Waals surface area contributed by atoms with E-state index in [-0.39, 0.29) is 30.3 Å². The number of hydrogen-bond acceptors (Lipinski definition) is 4. The second-order valence-corrected chi connectivity index (χ2v) is 7.92. The molecule has 3 aromatic rings. The Morgan fingerprint density at radius 3 is 2.13 bits per heavy atom. The van der Waals surface area contributed by atoms with Crippen LogP contribution in [0.1, 0.15) is 55.2 Å². The maximum Gasteiger partial charge on any atom is 0.261 e. The molecule has 2 heterocycles. The van der Waals surface area contributed by atoms with Gasteiger partial charge < -0.3 is 4.90 Å². The van der Waals surface area contributed by atoms with E-state index in [1.165, 1.54) is 4.90 Å². The Hall–Kier alpha value is -3.80. The Kier molecular flexibility index (Phi) is 4.82. The van der Waals surface area contributed by atoms with E-state index in [0.717, 1.165) is 24.1 Å². The summed E-state index contributed by atoms with van der Waals surface area (Å²) >= 11 is 0. The van der Waals surface area contributed by atoms with Crippen LogP contribution in [0.15, 0.2) is 72.9 Å². The number of amides is 3. The molecule has 154 valence electrons. The summed E-state index contributed by atoms with van der Waals surface area (Å²) in [4.78, 5) is 45.7. The van der Waals surface area contributed by atoms with Gasteiger partial charge in [0, 0.05) is 17.8 Å².